The summed E-state index contributed by atoms with van der Waals surface area (Å²) in [6.07, 6.45) is -2.51. The SMILES string of the molecule is CCC(=O)OCc1cc(CCCOCCOCCOCCNC(=O)CCCCCN2C(=O)C=CC2=O)ccc1O[C@@H]1O[C@H](C(=O)O)[C@@H](O)[C@H](O)[C@H]1O. The lowest BCUT2D eigenvalue weighted by Gasteiger charge is -2.38. The maximum atomic E-state index is 11.9. The molecule has 0 spiro atoms. The van der Waals surface area contributed by atoms with E-state index in [2.05, 4.69) is 5.32 Å². The minimum atomic E-state index is -1.86. The molecule has 2 heterocycles. The molecular weight excluding hydrogens is 688 g/mol. The van der Waals surface area contributed by atoms with Crippen LogP contribution in [0.15, 0.2) is 30.4 Å². The standard InChI is InChI=1S/C35H50N2O15/c1-2-29(41)50-22-24-21-23(9-10-25(24)51-35-32(44)30(42)31(43)33(52-35)34(45)46)7-6-15-47-17-19-49-20-18-48-16-13-36-26(38)8-4-3-5-14-37-27(39)11-12-28(37)40/h9-12,21,30-33,35,42-44H,2-8,13-20,22H2,1H3,(H,36,38)(H,45,46)/t30-,31-,32+,33-,35+/m0/s1. The van der Waals surface area contributed by atoms with Crippen molar-refractivity contribution in [1.29, 1.82) is 0 Å². The Morgan fingerprint density at radius 3 is 2.19 bits per heavy atom. The van der Waals surface area contributed by atoms with Gasteiger partial charge in [-0.25, -0.2) is 4.79 Å². The molecule has 0 saturated carbocycles. The molecule has 0 aliphatic carbocycles. The third kappa shape index (κ3) is 14.2. The number of hydrogen-bond acceptors (Lipinski definition) is 14. The van der Waals surface area contributed by atoms with Gasteiger partial charge in [0.2, 0.25) is 12.2 Å². The summed E-state index contributed by atoms with van der Waals surface area (Å²) in [6, 6.07) is 5.05. The summed E-state index contributed by atoms with van der Waals surface area (Å²) in [5.41, 5.74) is 1.30. The van der Waals surface area contributed by atoms with Crippen LogP contribution in [0.2, 0.25) is 0 Å². The number of carbonyl (C=O) groups excluding carboxylic acids is 4. The summed E-state index contributed by atoms with van der Waals surface area (Å²) in [7, 11) is 0. The third-order valence-corrected chi connectivity index (χ3v) is 8.11. The first-order chi connectivity index (χ1) is 25.0. The van der Waals surface area contributed by atoms with Crippen molar-refractivity contribution >= 4 is 29.7 Å². The van der Waals surface area contributed by atoms with E-state index >= 15 is 0 Å². The summed E-state index contributed by atoms with van der Waals surface area (Å²) < 4.78 is 32.8. The third-order valence-electron chi connectivity index (χ3n) is 8.11. The lowest BCUT2D eigenvalue weighted by molar-refractivity contribution is -0.271. The average molecular weight is 739 g/mol. The van der Waals surface area contributed by atoms with E-state index in [-0.39, 0.29) is 36.5 Å². The Kier molecular flexibility index (Phi) is 18.7. The number of aliphatic hydroxyl groups excluding tert-OH is 3. The van der Waals surface area contributed by atoms with Gasteiger partial charge in [-0.05, 0) is 43.4 Å². The van der Waals surface area contributed by atoms with Crippen molar-refractivity contribution in [2.75, 3.05) is 52.7 Å². The van der Waals surface area contributed by atoms with Gasteiger partial charge < -0.3 is 54.2 Å². The first-order valence-corrected chi connectivity index (χ1v) is 17.4. The molecule has 290 valence electrons. The van der Waals surface area contributed by atoms with Crippen LogP contribution in [0, 0.1) is 0 Å². The molecule has 17 heteroatoms. The monoisotopic (exact) mass is 738 g/mol. The average Bonchev–Trinajstić information content (AvgIpc) is 3.45. The number of hydrogen-bond donors (Lipinski definition) is 5. The zero-order valence-electron chi connectivity index (χ0n) is 29.3. The van der Waals surface area contributed by atoms with Crippen molar-refractivity contribution in [3.8, 4) is 5.75 Å². The smallest absolute Gasteiger partial charge is 0.335 e. The highest BCUT2D eigenvalue weighted by molar-refractivity contribution is 6.12. The number of carboxylic acid groups (broad SMARTS) is 1. The Bertz CT molecular complexity index is 1340. The lowest BCUT2D eigenvalue weighted by Crippen LogP contribution is -2.61. The number of aryl methyl sites for hydroxylation is 1. The molecule has 2 aliphatic heterocycles. The molecule has 0 aromatic heterocycles. The number of imide groups is 1. The van der Waals surface area contributed by atoms with Crippen LogP contribution < -0.4 is 10.1 Å². The first-order valence-electron chi connectivity index (χ1n) is 17.4. The molecule has 5 atom stereocenters. The molecule has 0 bridgehead atoms. The van der Waals surface area contributed by atoms with Gasteiger partial charge in [0.05, 0.1) is 33.0 Å². The lowest BCUT2D eigenvalue weighted by atomic mass is 9.99. The number of esters is 1. The second kappa shape index (κ2) is 22.9. The van der Waals surface area contributed by atoms with Gasteiger partial charge in [-0.2, -0.15) is 0 Å². The number of rotatable bonds is 25. The summed E-state index contributed by atoms with van der Waals surface area (Å²) in [5, 5.41) is 42.5. The molecule has 0 unspecified atom stereocenters. The van der Waals surface area contributed by atoms with Gasteiger partial charge in [0.25, 0.3) is 11.8 Å². The zero-order valence-corrected chi connectivity index (χ0v) is 29.3. The number of nitrogens with one attached hydrogen (secondary N) is 1. The van der Waals surface area contributed by atoms with Gasteiger partial charge in [-0.1, -0.05) is 19.4 Å². The highest BCUT2D eigenvalue weighted by Crippen LogP contribution is 2.28. The molecule has 1 aromatic carbocycles. The maximum Gasteiger partial charge on any atom is 0.335 e. The van der Waals surface area contributed by atoms with Gasteiger partial charge in [0, 0.05) is 50.3 Å². The van der Waals surface area contributed by atoms with E-state index in [9.17, 15) is 44.4 Å². The minimum Gasteiger partial charge on any atom is -0.479 e. The van der Waals surface area contributed by atoms with E-state index < -0.39 is 42.6 Å². The van der Waals surface area contributed by atoms with E-state index in [1.165, 1.54) is 17.1 Å². The molecule has 1 aromatic rings. The predicted molar refractivity (Wildman–Crippen MR) is 180 cm³/mol. The van der Waals surface area contributed by atoms with E-state index in [0.717, 1.165) is 12.0 Å². The fourth-order valence-electron chi connectivity index (χ4n) is 5.21. The van der Waals surface area contributed by atoms with Crippen LogP contribution in [0.4, 0.5) is 0 Å². The maximum absolute atomic E-state index is 11.9. The Morgan fingerprint density at radius 1 is 0.846 bits per heavy atom. The predicted octanol–water partition coefficient (Wildman–Crippen LogP) is -0.00520. The van der Waals surface area contributed by atoms with E-state index in [1.54, 1.807) is 25.1 Å². The van der Waals surface area contributed by atoms with Crippen molar-refractivity contribution in [3.63, 3.8) is 0 Å². The van der Waals surface area contributed by atoms with Gasteiger partial charge in [0.15, 0.2) is 6.10 Å². The largest absolute Gasteiger partial charge is 0.479 e. The second-order valence-corrected chi connectivity index (χ2v) is 12.1. The van der Waals surface area contributed by atoms with Crippen LogP contribution in [0.25, 0.3) is 0 Å². The number of aliphatic hydroxyl groups is 3. The molecule has 17 nitrogen and oxygen atoms in total. The number of benzene rings is 1. The molecule has 5 N–H and O–H groups in total. The van der Waals surface area contributed by atoms with Crippen LogP contribution in [0.5, 0.6) is 5.75 Å². The first kappa shape index (κ1) is 42.4. The van der Waals surface area contributed by atoms with E-state index in [1.807, 2.05) is 0 Å². The highest BCUT2D eigenvalue weighted by atomic mass is 16.7. The molecule has 3 amide bonds. The van der Waals surface area contributed by atoms with E-state index in [0.29, 0.717) is 90.4 Å². The van der Waals surface area contributed by atoms with Crippen LogP contribution in [0.3, 0.4) is 0 Å². The van der Waals surface area contributed by atoms with E-state index in [4.69, 9.17) is 28.4 Å². The van der Waals surface area contributed by atoms with Crippen molar-refractivity contribution < 1.29 is 72.8 Å². The number of amides is 3. The van der Waals surface area contributed by atoms with Crippen molar-refractivity contribution in [2.45, 2.75) is 89.2 Å². The normalized spacial score (nSPS) is 21.4. The Balaban J connectivity index is 1.24. The second-order valence-electron chi connectivity index (χ2n) is 12.1. The Labute approximate surface area is 301 Å². The van der Waals surface area contributed by atoms with Crippen molar-refractivity contribution in [1.82, 2.24) is 10.2 Å². The Morgan fingerprint density at radius 2 is 1.52 bits per heavy atom. The number of ether oxygens (including phenoxy) is 6. The molecular formula is C35H50N2O15. The summed E-state index contributed by atoms with van der Waals surface area (Å²) >= 11 is 0. The number of carbonyl (C=O) groups is 5. The number of carboxylic acids is 1. The van der Waals surface area contributed by atoms with Crippen molar-refractivity contribution in [3.05, 3.63) is 41.5 Å². The van der Waals surface area contributed by atoms with Gasteiger partial charge in [-0.3, -0.25) is 24.1 Å². The quantitative estimate of drug-likeness (QED) is 0.0504. The number of unbranched alkanes of at least 4 members (excludes halogenated alkanes) is 2. The minimum absolute atomic E-state index is 0.0811. The molecule has 2 aliphatic rings. The highest BCUT2D eigenvalue weighted by Gasteiger charge is 2.48. The molecule has 1 saturated heterocycles. The van der Waals surface area contributed by atoms with Crippen molar-refractivity contribution in [2.24, 2.45) is 0 Å². The van der Waals surface area contributed by atoms with Crippen LogP contribution in [-0.2, 0) is 60.7 Å². The fourth-order valence-corrected chi connectivity index (χ4v) is 5.21. The zero-order chi connectivity index (χ0) is 37.9. The molecule has 52 heavy (non-hydrogen) atoms. The molecule has 1 fully saturated rings. The van der Waals surface area contributed by atoms with Gasteiger partial charge in [-0.15, -0.1) is 0 Å². The van der Waals surface area contributed by atoms with Gasteiger partial charge in [0.1, 0.15) is 30.7 Å². The molecule has 3 rings (SSSR count). The van der Waals surface area contributed by atoms with Crippen LogP contribution in [0.1, 0.15) is 56.6 Å². The Hall–Kier alpha value is -3.97. The summed E-state index contributed by atoms with van der Waals surface area (Å²) in [5.74, 6) is -2.52. The summed E-state index contributed by atoms with van der Waals surface area (Å²) in [4.78, 5) is 59.4. The van der Waals surface area contributed by atoms with Crippen LogP contribution in [-0.4, -0.2) is 138 Å². The summed E-state index contributed by atoms with van der Waals surface area (Å²) in [6.45, 7) is 4.51. The van der Waals surface area contributed by atoms with Crippen LogP contribution >= 0.6 is 0 Å². The van der Waals surface area contributed by atoms with Gasteiger partial charge >= 0.3 is 11.9 Å². The molecule has 0 radical (unpaired) electrons. The topological polar surface area (TPSA) is 237 Å². The fraction of sp³-hybridized carbons (Fsp3) is 0.629. The number of nitrogens with zero attached hydrogens (tertiary/aromatic N) is 1. The number of aliphatic carboxylic acids is 1.